The molecule has 0 unspecified atom stereocenters. The molecule has 22 heavy (non-hydrogen) atoms. The molecule has 1 aromatic carbocycles. The van der Waals surface area contributed by atoms with E-state index in [9.17, 15) is 14.7 Å². The van der Waals surface area contributed by atoms with Crippen molar-refractivity contribution in [2.45, 2.75) is 44.2 Å². The highest BCUT2D eigenvalue weighted by atomic mass is 16.4. The van der Waals surface area contributed by atoms with E-state index in [1.54, 1.807) is 11.0 Å². The minimum Gasteiger partial charge on any atom is -0.480 e. The van der Waals surface area contributed by atoms with Gasteiger partial charge in [-0.25, -0.2) is 4.79 Å². The molecular formula is C18H21NO3. The Labute approximate surface area is 130 Å². The van der Waals surface area contributed by atoms with E-state index in [-0.39, 0.29) is 11.9 Å². The average Bonchev–Trinajstić information content (AvgIpc) is 2.93. The predicted octanol–water partition coefficient (Wildman–Crippen LogP) is 2.94. The molecule has 116 valence electrons. The first kappa shape index (κ1) is 14.8. The Morgan fingerprint density at radius 3 is 2.59 bits per heavy atom. The fourth-order valence-corrected chi connectivity index (χ4v) is 3.82. The van der Waals surface area contributed by atoms with Crippen LogP contribution in [0.1, 0.15) is 37.7 Å². The van der Waals surface area contributed by atoms with Gasteiger partial charge < -0.3 is 10.0 Å². The summed E-state index contributed by atoms with van der Waals surface area (Å²) in [5.74, 6) is -0.703. The maximum atomic E-state index is 12.6. The van der Waals surface area contributed by atoms with E-state index in [2.05, 4.69) is 0 Å². The number of carboxylic acids is 1. The lowest BCUT2D eigenvalue weighted by atomic mass is 9.85. The first-order chi connectivity index (χ1) is 10.7. The Morgan fingerprint density at radius 1 is 1.14 bits per heavy atom. The third-order valence-corrected chi connectivity index (χ3v) is 4.85. The largest absolute Gasteiger partial charge is 0.480 e. The van der Waals surface area contributed by atoms with Crippen LogP contribution in [0, 0.1) is 5.92 Å². The number of nitrogens with zero attached hydrogens (tertiary/aromatic N) is 1. The maximum Gasteiger partial charge on any atom is 0.326 e. The molecule has 3 rings (SSSR count). The molecule has 3 atom stereocenters. The second-order valence-electron chi connectivity index (χ2n) is 6.19. The molecule has 4 heteroatoms. The van der Waals surface area contributed by atoms with Gasteiger partial charge in [0.2, 0.25) is 5.91 Å². The lowest BCUT2D eigenvalue weighted by Crippen LogP contribution is -2.45. The summed E-state index contributed by atoms with van der Waals surface area (Å²) in [6.45, 7) is 0. The van der Waals surface area contributed by atoms with Crippen LogP contribution < -0.4 is 0 Å². The minimum absolute atomic E-state index is 0.0998. The van der Waals surface area contributed by atoms with Crippen molar-refractivity contribution in [3.05, 3.63) is 42.0 Å². The Morgan fingerprint density at radius 2 is 1.86 bits per heavy atom. The number of benzene rings is 1. The molecule has 1 saturated carbocycles. The highest BCUT2D eigenvalue weighted by molar-refractivity contribution is 5.95. The molecule has 2 aliphatic rings. The van der Waals surface area contributed by atoms with Crippen molar-refractivity contribution in [1.82, 2.24) is 4.90 Å². The molecule has 4 nitrogen and oxygen atoms in total. The van der Waals surface area contributed by atoms with Gasteiger partial charge in [-0.05, 0) is 36.8 Å². The van der Waals surface area contributed by atoms with Gasteiger partial charge >= 0.3 is 5.97 Å². The summed E-state index contributed by atoms with van der Waals surface area (Å²) in [6, 6.07) is 9.03. The SMILES string of the molecule is O=C(O)[C@H]1C[C@H]2CCCC[C@@H]2N1C(=O)/C=C/c1ccccc1. The lowest BCUT2D eigenvalue weighted by molar-refractivity contribution is -0.147. The summed E-state index contributed by atoms with van der Waals surface area (Å²) in [6.07, 6.45) is 8.08. The predicted molar refractivity (Wildman–Crippen MR) is 84.1 cm³/mol. The number of carbonyl (C=O) groups is 2. The highest BCUT2D eigenvalue weighted by Gasteiger charge is 2.46. The summed E-state index contributed by atoms with van der Waals surface area (Å²) in [7, 11) is 0. The van der Waals surface area contributed by atoms with Crippen LogP contribution in [0.15, 0.2) is 36.4 Å². The Hall–Kier alpha value is -2.10. The van der Waals surface area contributed by atoms with E-state index in [1.807, 2.05) is 30.3 Å². The number of hydrogen-bond acceptors (Lipinski definition) is 2. The second-order valence-corrected chi connectivity index (χ2v) is 6.19. The fourth-order valence-electron chi connectivity index (χ4n) is 3.82. The van der Waals surface area contributed by atoms with Crippen molar-refractivity contribution in [2.24, 2.45) is 5.92 Å². The number of aliphatic carboxylic acids is 1. The van der Waals surface area contributed by atoms with Gasteiger partial charge in [-0.3, -0.25) is 4.79 Å². The van der Waals surface area contributed by atoms with Gasteiger partial charge in [0.05, 0.1) is 0 Å². The maximum absolute atomic E-state index is 12.6. The van der Waals surface area contributed by atoms with Gasteiger partial charge in [-0.1, -0.05) is 43.2 Å². The van der Waals surface area contributed by atoms with Crippen LogP contribution in [0.3, 0.4) is 0 Å². The minimum atomic E-state index is -0.879. The molecule has 2 fully saturated rings. The van der Waals surface area contributed by atoms with Gasteiger partial charge in [0.25, 0.3) is 0 Å². The summed E-state index contributed by atoms with van der Waals surface area (Å²) < 4.78 is 0. The molecule has 0 bridgehead atoms. The number of amides is 1. The molecule has 1 aliphatic heterocycles. The molecule has 0 spiro atoms. The van der Waals surface area contributed by atoms with Crippen molar-refractivity contribution in [3.63, 3.8) is 0 Å². The van der Waals surface area contributed by atoms with Crippen LogP contribution in [-0.2, 0) is 9.59 Å². The zero-order chi connectivity index (χ0) is 15.5. The third kappa shape index (κ3) is 2.91. The molecule has 1 N–H and O–H groups in total. The van der Waals surface area contributed by atoms with E-state index in [0.29, 0.717) is 12.3 Å². The van der Waals surface area contributed by atoms with Crippen LogP contribution in [0.5, 0.6) is 0 Å². The molecule has 1 aliphatic carbocycles. The van der Waals surface area contributed by atoms with Crippen molar-refractivity contribution in [3.8, 4) is 0 Å². The van der Waals surface area contributed by atoms with Crippen molar-refractivity contribution in [2.75, 3.05) is 0 Å². The molecule has 1 amide bonds. The van der Waals surface area contributed by atoms with Gasteiger partial charge in [-0.2, -0.15) is 0 Å². The first-order valence-electron chi connectivity index (χ1n) is 7.95. The summed E-state index contributed by atoms with van der Waals surface area (Å²) in [5.41, 5.74) is 0.946. The molecule has 1 aromatic rings. The number of fused-ring (bicyclic) bond motifs is 1. The molecule has 1 heterocycles. The first-order valence-corrected chi connectivity index (χ1v) is 7.95. The standard InChI is InChI=1S/C18H21NO3/c20-17(11-10-13-6-2-1-3-7-13)19-15-9-5-4-8-14(15)12-16(19)18(21)22/h1-3,6-7,10-11,14-16H,4-5,8-9,12H2,(H,21,22)/b11-10+/t14-,15+,16-/m1/s1. The summed E-state index contributed by atoms with van der Waals surface area (Å²) in [4.78, 5) is 25.7. The molecular weight excluding hydrogens is 278 g/mol. The quantitative estimate of drug-likeness (QED) is 0.873. The van der Waals surface area contributed by atoms with Crippen LogP contribution in [0.25, 0.3) is 6.08 Å². The Bertz CT molecular complexity index is 581. The van der Waals surface area contributed by atoms with Gasteiger partial charge in [0.15, 0.2) is 0 Å². The highest BCUT2D eigenvalue weighted by Crippen LogP contribution is 2.39. The van der Waals surface area contributed by atoms with Gasteiger partial charge in [-0.15, -0.1) is 0 Å². The second kappa shape index (κ2) is 6.34. The molecule has 1 saturated heterocycles. The van der Waals surface area contributed by atoms with Crippen molar-refractivity contribution in [1.29, 1.82) is 0 Å². The van der Waals surface area contributed by atoms with Crippen LogP contribution in [0.2, 0.25) is 0 Å². The summed E-state index contributed by atoms with van der Waals surface area (Å²) in [5, 5.41) is 9.45. The van der Waals surface area contributed by atoms with E-state index in [4.69, 9.17) is 0 Å². The monoisotopic (exact) mass is 299 g/mol. The van der Waals surface area contributed by atoms with E-state index in [1.165, 1.54) is 6.08 Å². The van der Waals surface area contributed by atoms with Gasteiger partial charge in [0.1, 0.15) is 6.04 Å². The van der Waals surface area contributed by atoms with Crippen LogP contribution >= 0.6 is 0 Å². The Kier molecular flexibility index (Phi) is 4.27. The smallest absolute Gasteiger partial charge is 0.326 e. The zero-order valence-electron chi connectivity index (χ0n) is 12.5. The summed E-state index contributed by atoms with van der Waals surface area (Å²) >= 11 is 0. The number of likely N-dealkylation sites (tertiary alicyclic amines) is 1. The lowest BCUT2D eigenvalue weighted by Gasteiger charge is -2.32. The van der Waals surface area contributed by atoms with Gasteiger partial charge in [0, 0.05) is 12.1 Å². The molecule has 0 radical (unpaired) electrons. The normalized spacial score (nSPS) is 27.8. The van der Waals surface area contributed by atoms with E-state index < -0.39 is 12.0 Å². The number of carboxylic acid groups (broad SMARTS) is 1. The van der Waals surface area contributed by atoms with Crippen LogP contribution in [-0.4, -0.2) is 34.0 Å². The van der Waals surface area contributed by atoms with E-state index in [0.717, 1.165) is 31.2 Å². The van der Waals surface area contributed by atoms with Crippen molar-refractivity contribution >= 4 is 18.0 Å². The van der Waals surface area contributed by atoms with Crippen molar-refractivity contribution < 1.29 is 14.7 Å². The molecule has 0 aromatic heterocycles. The third-order valence-electron chi connectivity index (χ3n) is 4.85. The Balaban J connectivity index is 1.79. The fraction of sp³-hybridized carbons (Fsp3) is 0.444. The zero-order valence-corrected chi connectivity index (χ0v) is 12.5. The van der Waals surface area contributed by atoms with E-state index >= 15 is 0 Å². The number of carbonyl (C=O) groups excluding carboxylic acids is 1. The number of rotatable bonds is 3. The topological polar surface area (TPSA) is 57.6 Å². The van der Waals surface area contributed by atoms with Crippen LogP contribution in [0.4, 0.5) is 0 Å². The number of hydrogen-bond donors (Lipinski definition) is 1. The average molecular weight is 299 g/mol.